The number of benzene rings is 2. The van der Waals surface area contributed by atoms with Crippen LogP contribution < -0.4 is 4.74 Å². The van der Waals surface area contributed by atoms with Gasteiger partial charge in [0.25, 0.3) is 0 Å². The SMILES string of the molecule is Cc1cccc(OCCc2ccc(CN3CCN(C(=O)OC(C)(C)C)CC3)cc2)c1. The molecule has 0 N–H and O–H groups in total. The Kier molecular flexibility index (Phi) is 7.38. The van der Waals surface area contributed by atoms with E-state index in [2.05, 4.69) is 48.2 Å². The molecule has 30 heavy (non-hydrogen) atoms. The topological polar surface area (TPSA) is 42.0 Å². The summed E-state index contributed by atoms with van der Waals surface area (Å²) in [6.45, 7) is 12.5. The van der Waals surface area contributed by atoms with Gasteiger partial charge in [0.15, 0.2) is 0 Å². The van der Waals surface area contributed by atoms with E-state index in [1.54, 1.807) is 4.90 Å². The van der Waals surface area contributed by atoms with Crippen LogP contribution in [0.2, 0.25) is 0 Å². The van der Waals surface area contributed by atoms with Crippen molar-refractivity contribution >= 4 is 6.09 Å². The van der Waals surface area contributed by atoms with E-state index in [0.29, 0.717) is 19.7 Å². The molecule has 1 saturated heterocycles. The van der Waals surface area contributed by atoms with E-state index >= 15 is 0 Å². The zero-order valence-corrected chi connectivity index (χ0v) is 18.7. The highest BCUT2D eigenvalue weighted by molar-refractivity contribution is 5.68. The molecule has 0 radical (unpaired) electrons. The first-order valence-electron chi connectivity index (χ1n) is 10.8. The van der Waals surface area contributed by atoms with Gasteiger partial charge in [-0.3, -0.25) is 4.90 Å². The lowest BCUT2D eigenvalue weighted by Gasteiger charge is -2.35. The molecule has 1 amide bonds. The van der Waals surface area contributed by atoms with E-state index in [-0.39, 0.29) is 6.09 Å². The predicted molar refractivity (Wildman–Crippen MR) is 120 cm³/mol. The fourth-order valence-corrected chi connectivity index (χ4v) is 3.48. The maximum absolute atomic E-state index is 12.2. The molecule has 1 aliphatic heterocycles. The van der Waals surface area contributed by atoms with Crippen molar-refractivity contribution in [1.82, 2.24) is 9.80 Å². The number of amides is 1. The molecule has 3 rings (SSSR count). The Hall–Kier alpha value is -2.53. The van der Waals surface area contributed by atoms with Gasteiger partial charge in [-0.15, -0.1) is 0 Å². The van der Waals surface area contributed by atoms with Crippen LogP contribution >= 0.6 is 0 Å². The van der Waals surface area contributed by atoms with Crippen LogP contribution in [-0.4, -0.2) is 54.3 Å². The van der Waals surface area contributed by atoms with Gasteiger partial charge in [0.05, 0.1) is 6.61 Å². The van der Waals surface area contributed by atoms with Crippen LogP contribution in [0.3, 0.4) is 0 Å². The standard InChI is InChI=1S/C25H34N2O3/c1-20-6-5-7-23(18-20)29-17-12-21-8-10-22(11-9-21)19-26-13-15-27(16-14-26)24(28)30-25(2,3)4/h5-11,18H,12-17,19H2,1-4H3. The number of aryl methyl sites for hydroxylation is 1. The molecule has 0 saturated carbocycles. The number of hydrogen-bond donors (Lipinski definition) is 0. The summed E-state index contributed by atoms with van der Waals surface area (Å²) in [5, 5.41) is 0. The highest BCUT2D eigenvalue weighted by atomic mass is 16.6. The Morgan fingerprint density at radius 1 is 0.967 bits per heavy atom. The summed E-state index contributed by atoms with van der Waals surface area (Å²) in [4.78, 5) is 16.4. The van der Waals surface area contributed by atoms with E-state index in [0.717, 1.165) is 31.8 Å². The molecule has 5 heteroatoms. The maximum Gasteiger partial charge on any atom is 0.410 e. The van der Waals surface area contributed by atoms with Gasteiger partial charge in [-0.05, 0) is 56.5 Å². The number of ether oxygens (including phenoxy) is 2. The smallest absolute Gasteiger partial charge is 0.410 e. The number of rotatable bonds is 6. The van der Waals surface area contributed by atoms with E-state index < -0.39 is 5.60 Å². The van der Waals surface area contributed by atoms with E-state index in [4.69, 9.17) is 9.47 Å². The maximum atomic E-state index is 12.2. The molecule has 0 spiro atoms. The summed E-state index contributed by atoms with van der Waals surface area (Å²) >= 11 is 0. The Morgan fingerprint density at radius 2 is 1.63 bits per heavy atom. The van der Waals surface area contributed by atoms with E-state index in [1.807, 2.05) is 32.9 Å². The second-order valence-electron chi connectivity index (χ2n) is 8.98. The average molecular weight is 411 g/mol. The van der Waals surface area contributed by atoms with Crippen molar-refractivity contribution in [3.63, 3.8) is 0 Å². The van der Waals surface area contributed by atoms with Crippen molar-refractivity contribution in [1.29, 1.82) is 0 Å². The van der Waals surface area contributed by atoms with Crippen molar-refractivity contribution in [3.05, 3.63) is 65.2 Å². The van der Waals surface area contributed by atoms with Crippen LogP contribution in [0.1, 0.15) is 37.5 Å². The van der Waals surface area contributed by atoms with Gasteiger partial charge in [-0.2, -0.15) is 0 Å². The first-order chi connectivity index (χ1) is 14.3. The second kappa shape index (κ2) is 9.98. The van der Waals surface area contributed by atoms with Crippen molar-refractivity contribution in [2.45, 2.75) is 46.3 Å². The van der Waals surface area contributed by atoms with Crippen LogP contribution in [0.5, 0.6) is 5.75 Å². The number of carbonyl (C=O) groups is 1. The van der Waals surface area contributed by atoms with Gasteiger partial charge >= 0.3 is 6.09 Å². The van der Waals surface area contributed by atoms with Crippen LogP contribution in [0.4, 0.5) is 4.79 Å². The normalized spacial score (nSPS) is 15.1. The van der Waals surface area contributed by atoms with Crippen LogP contribution in [0.25, 0.3) is 0 Å². The fraction of sp³-hybridized carbons (Fsp3) is 0.480. The lowest BCUT2D eigenvalue weighted by Crippen LogP contribution is -2.49. The van der Waals surface area contributed by atoms with Crippen LogP contribution in [0, 0.1) is 6.92 Å². The number of hydrogen-bond acceptors (Lipinski definition) is 4. The molecule has 0 aliphatic carbocycles. The van der Waals surface area contributed by atoms with Gasteiger partial charge in [-0.1, -0.05) is 36.4 Å². The third-order valence-corrected chi connectivity index (χ3v) is 5.10. The highest BCUT2D eigenvalue weighted by Gasteiger charge is 2.25. The number of nitrogens with zero attached hydrogens (tertiary/aromatic N) is 2. The molecule has 1 fully saturated rings. The van der Waals surface area contributed by atoms with E-state index in [1.165, 1.54) is 16.7 Å². The zero-order valence-electron chi connectivity index (χ0n) is 18.7. The molecule has 0 unspecified atom stereocenters. The fourth-order valence-electron chi connectivity index (χ4n) is 3.48. The number of carbonyl (C=O) groups excluding carboxylic acids is 1. The Balaban J connectivity index is 1.40. The average Bonchev–Trinajstić information content (AvgIpc) is 2.69. The molecule has 5 nitrogen and oxygen atoms in total. The first kappa shape index (κ1) is 22.2. The monoisotopic (exact) mass is 410 g/mol. The minimum absolute atomic E-state index is 0.209. The van der Waals surface area contributed by atoms with Crippen molar-refractivity contribution in [2.24, 2.45) is 0 Å². The summed E-state index contributed by atoms with van der Waals surface area (Å²) < 4.78 is 11.3. The van der Waals surface area contributed by atoms with Crippen LogP contribution in [0.15, 0.2) is 48.5 Å². The minimum Gasteiger partial charge on any atom is -0.493 e. The third-order valence-electron chi connectivity index (χ3n) is 5.10. The molecule has 0 bridgehead atoms. The Labute approximate surface area is 180 Å². The van der Waals surface area contributed by atoms with Gasteiger partial charge in [0, 0.05) is 39.1 Å². The third kappa shape index (κ3) is 7.06. The molecule has 1 heterocycles. The van der Waals surface area contributed by atoms with Gasteiger partial charge in [-0.25, -0.2) is 4.79 Å². The Bertz CT molecular complexity index is 819. The van der Waals surface area contributed by atoms with Crippen LogP contribution in [-0.2, 0) is 17.7 Å². The van der Waals surface area contributed by atoms with Crippen molar-refractivity contribution in [2.75, 3.05) is 32.8 Å². The van der Waals surface area contributed by atoms with Gasteiger partial charge in [0.1, 0.15) is 11.4 Å². The summed E-state index contributed by atoms with van der Waals surface area (Å²) in [6.07, 6.45) is 0.683. The molecule has 2 aromatic carbocycles. The lowest BCUT2D eigenvalue weighted by atomic mass is 10.1. The lowest BCUT2D eigenvalue weighted by molar-refractivity contribution is 0.0139. The first-order valence-corrected chi connectivity index (χ1v) is 10.8. The largest absolute Gasteiger partial charge is 0.493 e. The quantitative estimate of drug-likeness (QED) is 0.694. The minimum atomic E-state index is -0.443. The molecule has 2 aromatic rings. The molecule has 0 atom stereocenters. The molecular formula is C25H34N2O3. The van der Waals surface area contributed by atoms with Crippen molar-refractivity contribution in [3.8, 4) is 5.75 Å². The van der Waals surface area contributed by atoms with Gasteiger partial charge < -0.3 is 14.4 Å². The summed E-state index contributed by atoms with van der Waals surface area (Å²) in [5.74, 6) is 0.928. The molecule has 0 aromatic heterocycles. The predicted octanol–water partition coefficient (Wildman–Crippen LogP) is 4.67. The number of piperazine rings is 1. The molecule has 1 aliphatic rings. The van der Waals surface area contributed by atoms with Crippen molar-refractivity contribution < 1.29 is 14.3 Å². The highest BCUT2D eigenvalue weighted by Crippen LogP contribution is 2.15. The van der Waals surface area contributed by atoms with E-state index in [9.17, 15) is 4.79 Å². The molecular weight excluding hydrogens is 376 g/mol. The summed E-state index contributed by atoms with van der Waals surface area (Å²) in [6, 6.07) is 16.9. The van der Waals surface area contributed by atoms with Gasteiger partial charge in [0.2, 0.25) is 0 Å². The molecule has 162 valence electrons. The Morgan fingerprint density at radius 3 is 2.27 bits per heavy atom. The summed E-state index contributed by atoms with van der Waals surface area (Å²) in [7, 11) is 0. The second-order valence-corrected chi connectivity index (χ2v) is 8.98. The zero-order chi connectivity index (χ0) is 21.6. The summed E-state index contributed by atoms with van der Waals surface area (Å²) in [5.41, 5.74) is 3.34.